The second kappa shape index (κ2) is 7.20. The van der Waals surface area contributed by atoms with Gasteiger partial charge in [-0.2, -0.15) is 5.10 Å². The van der Waals surface area contributed by atoms with Gasteiger partial charge in [-0.25, -0.2) is 0 Å². The Kier molecular flexibility index (Phi) is 5.57. The van der Waals surface area contributed by atoms with E-state index in [1.807, 2.05) is 10.9 Å². The molecule has 1 unspecified atom stereocenters. The van der Waals surface area contributed by atoms with Gasteiger partial charge in [0.1, 0.15) is 0 Å². The van der Waals surface area contributed by atoms with Gasteiger partial charge in [-0.1, -0.05) is 0 Å². The fraction of sp³-hybridized carbons (Fsp3) is 0.800. The molecule has 0 bridgehead atoms. The molecule has 1 aliphatic rings. The molecular formula is C15H28N4O. The van der Waals surface area contributed by atoms with Crippen LogP contribution in [0.15, 0.2) is 12.4 Å². The lowest BCUT2D eigenvalue weighted by Crippen LogP contribution is -2.33. The monoisotopic (exact) mass is 280 g/mol. The van der Waals surface area contributed by atoms with Gasteiger partial charge in [0.25, 0.3) is 0 Å². The van der Waals surface area contributed by atoms with Crippen molar-refractivity contribution >= 4 is 0 Å². The van der Waals surface area contributed by atoms with Crippen LogP contribution < -0.4 is 5.73 Å². The van der Waals surface area contributed by atoms with E-state index in [1.54, 1.807) is 0 Å². The fourth-order valence-electron chi connectivity index (χ4n) is 2.28. The van der Waals surface area contributed by atoms with Crippen molar-refractivity contribution in [2.75, 3.05) is 33.4 Å². The highest BCUT2D eigenvalue weighted by atomic mass is 16.5. The molecule has 0 radical (unpaired) electrons. The molecule has 1 heterocycles. The molecule has 20 heavy (non-hydrogen) atoms. The molecule has 2 rings (SSSR count). The van der Waals surface area contributed by atoms with Crippen LogP contribution in [0.3, 0.4) is 0 Å². The predicted octanol–water partition coefficient (Wildman–Crippen LogP) is 1.82. The Morgan fingerprint density at radius 1 is 1.50 bits per heavy atom. The molecular weight excluding hydrogens is 252 g/mol. The van der Waals surface area contributed by atoms with E-state index in [1.165, 1.54) is 18.4 Å². The highest BCUT2D eigenvalue weighted by molar-refractivity contribution is 5.11. The Hall–Kier alpha value is -0.910. The van der Waals surface area contributed by atoms with E-state index in [9.17, 15) is 0 Å². The Balaban J connectivity index is 1.81. The van der Waals surface area contributed by atoms with Gasteiger partial charge < -0.3 is 10.5 Å². The first kappa shape index (κ1) is 15.5. The molecule has 1 aliphatic carbocycles. The molecule has 0 amide bonds. The maximum absolute atomic E-state index is 5.93. The van der Waals surface area contributed by atoms with Crippen LogP contribution in [0.1, 0.15) is 44.3 Å². The highest BCUT2D eigenvalue weighted by Crippen LogP contribution is 2.28. The summed E-state index contributed by atoms with van der Waals surface area (Å²) in [6, 6.07) is 0.599. The number of hydrogen-bond acceptors (Lipinski definition) is 4. The molecule has 0 spiro atoms. The molecule has 1 aromatic rings. The molecule has 1 atom stereocenters. The van der Waals surface area contributed by atoms with Crippen LogP contribution in [0, 0.1) is 5.92 Å². The summed E-state index contributed by atoms with van der Waals surface area (Å²) in [7, 11) is 2.10. The fourth-order valence-corrected chi connectivity index (χ4v) is 2.28. The number of likely N-dealkylation sites (N-methyl/N-ethyl adjacent to an activating group) is 1. The van der Waals surface area contributed by atoms with Crippen molar-refractivity contribution < 1.29 is 4.74 Å². The van der Waals surface area contributed by atoms with E-state index in [-0.39, 0.29) is 6.04 Å². The molecule has 0 aliphatic heterocycles. The summed E-state index contributed by atoms with van der Waals surface area (Å²) in [6.45, 7) is 7.46. The number of nitrogens with zero attached hydrogens (tertiary/aromatic N) is 3. The predicted molar refractivity (Wildman–Crippen MR) is 80.6 cm³/mol. The minimum atomic E-state index is 0.215. The quantitative estimate of drug-likeness (QED) is 0.701. The number of hydrogen-bond donors (Lipinski definition) is 1. The van der Waals surface area contributed by atoms with Gasteiger partial charge >= 0.3 is 0 Å². The first-order chi connectivity index (χ1) is 9.61. The summed E-state index contributed by atoms with van der Waals surface area (Å²) < 4.78 is 7.68. The summed E-state index contributed by atoms with van der Waals surface area (Å²) in [5.41, 5.74) is 7.12. The Morgan fingerprint density at radius 3 is 2.80 bits per heavy atom. The van der Waals surface area contributed by atoms with Crippen molar-refractivity contribution in [1.82, 2.24) is 14.7 Å². The summed E-state index contributed by atoms with van der Waals surface area (Å²) in [5.74, 6) is 0.829. The van der Waals surface area contributed by atoms with E-state index in [2.05, 4.69) is 37.1 Å². The van der Waals surface area contributed by atoms with Crippen LogP contribution >= 0.6 is 0 Å². The number of aromatic nitrogens is 2. The lowest BCUT2D eigenvalue weighted by atomic mass is 10.1. The third-order valence-electron chi connectivity index (χ3n) is 3.93. The van der Waals surface area contributed by atoms with Gasteiger partial charge in [0.05, 0.1) is 12.8 Å². The second-order valence-electron chi connectivity index (χ2n) is 6.10. The summed E-state index contributed by atoms with van der Waals surface area (Å²) in [5, 5.41) is 4.40. The Labute approximate surface area is 122 Å². The van der Waals surface area contributed by atoms with Gasteiger partial charge in [-0.15, -0.1) is 0 Å². The molecule has 0 aromatic carbocycles. The highest BCUT2D eigenvalue weighted by Gasteiger charge is 2.21. The van der Waals surface area contributed by atoms with Crippen molar-refractivity contribution in [1.29, 1.82) is 0 Å². The van der Waals surface area contributed by atoms with E-state index in [0.717, 1.165) is 25.7 Å². The minimum absolute atomic E-state index is 0.215. The van der Waals surface area contributed by atoms with Crippen molar-refractivity contribution in [3.63, 3.8) is 0 Å². The molecule has 1 saturated carbocycles. The van der Waals surface area contributed by atoms with Gasteiger partial charge in [0.15, 0.2) is 0 Å². The van der Waals surface area contributed by atoms with Crippen molar-refractivity contribution in [2.24, 2.45) is 11.7 Å². The van der Waals surface area contributed by atoms with Crippen LogP contribution in [-0.4, -0.2) is 48.0 Å². The summed E-state index contributed by atoms with van der Waals surface area (Å²) in [6.07, 6.45) is 6.72. The van der Waals surface area contributed by atoms with E-state index >= 15 is 0 Å². The smallest absolute Gasteiger partial charge is 0.0593 e. The van der Waals surface area contributed by atoms with Gasteiger partial charge in [-0.3, -0.25) is 9.58 Å². The van der Waals surface area contributed by atoms with Crippen LogP contribution in [0.4, 0.5) is 0 Å². The lowest BCUT2D eigenvalue weighted by Gasteiger charge is -2.26. The Bertz CT molecular complexity index is 400. The number of ether oxygens (including phenoxy) is 1. The van der Waals surface area contributed by atoms with Gasteiger partial charge in [0.2, 0.25) is 0 Å². The average Bonchev–Trinajstić information content (AvgIpc) is 3.11. The normalized spacial score (nSPS) is 17.1. The molecule has 2 N–H and O–H groups in total. The molecule has 1 fully saturated rings. The second-order valence-corrected chi connectivity index (χ2v) is 6.10. The minimum Gasteiger partial charge on any atom is -0.380 e. The standard InChI is InChI=1S/C15H28N4O/c1-12(2)19-10-14(9-17-19)15(8-16)18(3)6-7-20-11-13-4-5-13/h9-10,12-13,15H,4-8,11,16H2,1-3H3. The summed E-state index contributed by atoms with van der Waals surface area (Å²) >= 11 is 0. The van der Waals surface area contributed by atoms with Gasteiger partial charge in [-0.05, 0) is 39.7 Å². The lowest BCUT2D eigenvalue weighted by molar-refractivity contribution is 0.0922. The van der Waals surface area contributed by atoms with E-state index in [0.29, 0.717) is 12.6 Å². The molecule has 5 heteroatoms. The maximum Gasteiger partial charge on any atom is 0.0593 e. The Morgan fingerprint density at radius 2 is 2.25 bits per heavy atom. The van der Waals surface area contributed by atoms with Crippen molar-refractivity contribution in [2.45, 2.75) is 38.8 Å². The van der Waals surface area contributed by atoms with Crippen molar-refractivity contribution in [3.05, 3.63) is 18.0 Å². The van der Waals surface area contributed by atoms with Crippen LogP contribution in [0.2, 0.25) is 0 Å². The van der Waals surface area contributed by atoms with Gasteiger partial charge in [0, 0.05) is 43.5 Å². The molecule has 0 saturated heterocycles. The third-order valence-corrected chi connectivity index (χ3v) is 3.93. The van der Waals surface area contributed by atoms with Crippen LogP contribution in [0.25, 0.3) is 0 Å². The topological polar surface area (TPSA) is 56.3 Å². The zero-order valence-corrected chi connectivity index (χ0v) is 13.0. The molecule has 114 valence electrons. The largest absolute Gasteiger partial charge is 0.380 e. The number of nitrogens with two attached hydrogens (primary N) is 1. The van der Waals surface area contributed by atoms with E-state index < -0.39 is 0 Å². The maximum atomic E-state index is 5.93. The number of rotatable bonds is 9. The average molecular weight is 280 g/mol. The van der Waals surface area contributed by atoms with E-state index in [4.69, 9.17) is 10.5 Å². The zero-order chi connectivity index (χ0) is 14.5. The van der Waals surface area contributed by atoms with Crippen LogP contribution in [0.5, 0.6) is 0 Å². The van der Waals surface area contributed by atoms with Crippen LogP contribution in [-0.2, 0) is 4.74 Å². The first-order valence-corrected chi connectivity index (χ1v) is 7.64. The SMILES string of the molecule is CC(C)n1cc(C(CN)N(C)CCOCC2CC2)cn1. The summed E-state index contributed by atoms with van der Waals surface area (Å²) in [4.78, 5) is 2.26. The molecule has 5 nitrogen and oxygen atoms in total. The third kappa shape index (κ3) is 4.30. The molecule has 1 aromatic heterocycles. The zero-order valence-electron chi connectivity index (χ0n) is 13.0. The first-order valence-electron chi connectivity index (χ1n) is 7.64. The van der Waals surface area contributed by atoms with Crippen molar-refractivity contribution in [3.8, 4) is 0 Å².